The van der Waals surface area contributed by atoms with Crippen molar-refractivity contribution >= 4 is 5.91 Å². The van der Waals surface area contributed by atoms with Crippen LogP contribution in [0.15, 0.2) is 18.2 Å². The highest BCUT2D eigenvalue weighted by molar-refractivity contribution is 5.78. The average molecular weight is 292 g/mol. The SMILES string of the molecule is CN(C)C(=O)C(CN)Cc1cc(F)cc(C(F)(F)F)c1. The summed E-state index contributed by atoms with van der Waals surface area (Å²) in [6.45, 7) is -0.0190. The van der Waals surface area contributed by atoms with Gasteiger partial charge in [0.15, 0.2) is 0 Å². The molecule has 1 atom stereocenters. The molecule has 0 spiro atoms. The van der Waals surface area contributed by atoms with E-state index in [1.165, 1.54) is 19.0 Å². The van der Waals surface area contributed by atoms with E-state index in [-0.39, 0.29) is 24.4 Å². The Kier molecular flexibility index (Phi) is 5.10. The van der Waals surface area contributed by atoms with Gasteiger partial charge in [-0.05, 0) is 30.2 Å². The highest BCUT2D eigenvalue weighted by Gasteiger charge is 2.31. The first-order valence-electron chi connectivity index (χ1n) is 5.93. The Balaban J connectivity index is 3.02. The van der Waals surface area contributed by atoms with Crippen molar-refractivity contribution in [3.8, 4) is 0 Å². The van der Waals surface area contributed by atoms with Gasteiger partial charge in [0.2, 0.25) is 5.91 Å². The van der Waals surface area contributed by atoms with E-state index in [1.54, 1.807) is 0 Å². The zero-order valence-electron chi connectivity index (χ0n) is 11.2. The number of rotatable bonds is 4. The molecule has 1 aromatic rings. The van der Waals surface area contributed by atoms with Crippen LogP contribution in [0, 0.1) is 11.7 Å². The maximum atomic E-state index is 13.2. The molecule has 7 heteroatoms. The fourth-order valence-corrected chi connectivity index (χ4v) is 1.85. The smallest absolute Gasteiger partial charge is 0.349 e. The van der Waals surface area contributed by atoms with E-state index in [1.807, 2.05) is 0 Å². The lowest BCUT2D eigenvalue weighted by molar-refractivity contribution is -0.137. The van der Waals surface area contributed by atoms with Crippen LogP contribution in [0.5, 0.6) is 0 Å². The van der Waals surface area contributed by atoms with E-state index in [9.17, 15) is 22.4 Å². The third-order valence-electron chi connectivity index (χ3n) is 2.84. The molecule has 0 radical (unpaired) electrons. The minimum Gasteiger partial charge on any atom is -0.349 e. The first kappa shape index (κ1) is 16.4. The van der Waals surface area contributed by atoms with Gasteiger partial charge >= 0.3 is 6.18 Å². The Morgan fingerprint density at radius 3 is 2.35 bits per heavy atom. The number of carbonyl (C=O) groups is 1. The minimum absolute atomic E-state index is 0.0190. The number of benzene rings is 1. The summed E-state index contributed by atoms with van der Waals surface area (Å²) in [6.07, 6.45) is -4.66. The van der Waals surface area contributed by atoms with Gasteiger partial charge in [-0.15, -0.1) is 0 Å². The van der Waals surface area contributed by atoms with Crippen molar-refractivity contribution in [3.63, 3.8) is 0 Å². The molecule has 20 heavy (non-hydrogen) atoms. The quantitative estimate of drug-likeness (QED) is 0.863. The summed E-state index contributed by atoms with van der Waals surface area (Å²) in [5.41, 5.74) is 4.49. The van der Waals surface area contributed by atoms with E-state index in [4.69, 9.17) is 5.73 Å². The second-order valence-electron chi connectivity index (χ2n) is 4.72. The number of nitrogens with zero attached hydrogens (tertiary/aromatic N) is 1. The molecule has 1 amide bonds. The molecule has 0 saturated carbocycles. The van der Waals surface area contributed by atoms with Crippen molar-refractivity contribution in [2.45, 2.75) is 12.6 Å². The Morgan fingerprint density at radius 2 is 1.90 bits per heavy atom. The average Bonchev–Trinajstić information content (AvgIpc) is 2.33. The first-order chi connectivity index (χ1) is 9.15. The van der Waals surface area contributed by atoms with Gasteiger partial charge in [-0.2, -0.15) is 13.2 Å². The van der Waals surface area contributed by atoms with E-state index >= 15 is 0 Å². The summed E-state index contributed by atoms with van der Waals surface area (Å²) >= 11 is 0. The Bertz CT molecular complexity index is 486. The molecule has 0 aliphatic carbocycles. The van der Waals surface area contributed by atoms with Gasteiger partial charge < -0.3 is 10.6 Å². The van der Waals surface area contributed by atoms with Crippen LogP contribution in [0.25, 0.3) is 0 Å². The molecule has 0 heterocycles. The van der Waals surface area contributed by atoms with E-state index in [0.717, 1.165) is 12.1 Å². The Morgan fingerprint density at radius 1 is 1.30 bits per heavy atom. The van der Waals surface area contributed by atoms with Crippen LogP contribution >= 0.6 is 0 Å². The van der Waals surface area contributed by atoms with Gasteiger partial charge in [-0.1, -0.05) is 0 Å². The normalized spacial score (nSPS) is 13.2. The van der Waals surface area contributed by atoms with Crippen LogP contribution in [0.2, 0.25) is 0 Å². The standard InChI is InChI=1S/C13H16F4N2O/c1-19(2)12(20)9(7-18)3-8-4-10(13(15,16)17)6-11(14)5-8/h4-6,9H,3,7,18H2,1-2H3. The van der Waals surface area contributed by atoms with Crippen LogP contribution in [-0.2, 0) is 17.4 Å². The molecule has 1 unspecified atom stereocenters. The number of carbonyl (C=O) groups excluding carboxylic acids is 1. The second-order valence-corrected chi connectivity index (χ2v) is 4.72. The summed E-state index contributed by atoms with van der Waals surface area (Å²) in [7, 11) is 3.05. The molecule has 3 nitrogen and oxygen atoms in total. The van der Waals surface area contributed by atoms with Crippen LogP contribution in [0.4, 0.5) is 17.6 Å². The molecule has 1 rings (SSSR count). The Hall–Kier alpha value is -1.63. The van der Waals surface area contributed by atoms with Crippen molar-refractivity contribution in [2.75, 3.05) is 20.6 Å². The van der Waals surface area contributed by atoms with Crippen molar-refractivity contribution < 1.29 is 22.4 Å². The fourth-order valence-electron chi connectivity index (χ4n) is 1.85. The van der Waals surface area contributed by atoms with Gasteiger partial charge in [-0.25, -0.2) is 4.39 Å². The van der Waals surface area contributed by atoms with E-state index in [2.05, 4.69) is 0 Å². The van der Waals surface area contributed by atoms with Crippen LogP contribution in [-0.4, -0.2) is 31.4 Å². The lowest BCUT2D eigenvalue weighted by Crippen LogP contribution is -2.35. The highest BCUT2D eigenvalue weighted by Crippen LogP contribution is 2.31. The molecule has 0 aromatic heterocycles. The van der Waals surface area contributed by atoms with Crippen LogP contribution < -0.4 is 5.73 Å². The lowest BCUT2D eigenvalue weighted by Gasteiger charge is -2.19. The number of hydrogen-bond acceptors (Lipinski definition) is 2. The summed E-state index contributed by atoms with van der Waals surface area (Å²) < 4.78 is 51.0. The topological polar surface area (TPSA) is 46.3 Å². The molecular weight excluding hydrogens is 276 g/mol. The minimum atomic E-state index is -4.62. The zero-order chi connectivity index (χ0) is 15.5. The van der Waals surface area contributed by atoms with Gasteiger partial charge in [0.05, 0.1) is 11.5 Å². The van der Waals surface area contributed by atoms with Gasteiger partial charge in [-0.3, -0.25) is 4.79 Å². The van der Waals surface area contributed by atoms with Crippen LogP contribution in [0.1, 0.15) is 11.1 Å². The monoisotopic (exact) mass is 292 g/mol. The van der Waals surface area contributed by atoms with Crippen molar-refractivity contribution in [1.82, 2.24) is 4.90 Å². The molecule has 0 aliphatic heterocycles. The summed E-state index contributed by atoms with van der Waals surface area (Å²) in [4.78, 5) is 13.1. The Labute approximate surface area is 114 Å². The second kappa shape index (κ2) is 6.21. The highest BCUT2D eigenvalue weighted by atomic mass is 19.4. The molecule has 0 fully saturated rings. The molecular formula is C13H16F4N2O. The summed E-state index contributed by atoms with van der Waals surface area (Å²) in [5, 5.41) is 0. The number of alkyl halides is 3. The van der Waals surface area contributed by atoms with E-state index < -0.39 is 23.5 Å². The van der Waals surface area contributed by atoms with Gasteiger partial charge in [0.25, 0.3) is 0 Å². The first-order valence-corrected chi connectivity index (χ1v) is 5.93. The number of amides is 1. The number of hydrogen-bond donors (Lipinski definition) is 1. The third kappa shape index (κ3) is 4.19. The number of nitrogens with two attached hydrogens (primary N) is 1. The molecule has 0 bridgehead atoms. The zero-order valence-corrected chi connectivity index (χ0v) is 11.2. The molecule has 2 N–H and O–H groups in total. The fraction of sp³-hybridized carbons (Fsp3) is 0.462. The van der Waals surface area contributed by atoms with Crippen LogP contribution in [0.3, 0.4) is 0 Å². The molecule has 0 aliphatic rings. The van der Waals surface area contributed by atoms with Crippen molar-refractivity contribution in [2.24, 2.45) is 11.7 Å². The van der Waals surface area contributed by atoms with E-state index in [0.29, 0.717) is 6.07 Å². The third-order valence-corrected chi connectivity index (χ3v) is 2.84. The van der Waals surface area contributed by atoms with Gasteiger partial charge in [0.1, 0.15) is 5.82 Å². The maximum Gasteiger partial charge on any atom is 0.416 e. The summed E-state index contributed by atoms with van der Waals surface area (Å²) in [5.74, 6) is -1.96. The maximum absolute atomic E-state index is 13.2. The van der Waals surface area contributed by atoms with Crippen molar-refractivity contribution in [3.05, 3.63) is 35.1 Å². The van der Waals surface area contributed by atoms with Crippen molar-refractivity contribution in [1.29, 1.82) is 0 Å². The van der Waals surface area contributed by atoms with Gasteiger partial charge in [0, 0.05) is 20.6 Å². The number of halogens is 4. The largest absolute Gasteiger partial charge is 0.416 e. The molecule has 0 saturated heterocycles. The predicted octanol–water partition coefficient (Wildman–Crippen LogP) is 2.05. The summed E-state index contributed by atoms with van der Waals surface area (Å²) in [6, 6.07) is 2.25. The molecule has 1 aromatic carbocycles. The lowest BCUT2D eigenvalue weighted by atomic mass is 9.96. The predicted molar refractivity (Wildman–Crippen MR) is 66.3 cm³/mol. The molecule has 112 valence electrons.